The molecule has 1 aromatic rings. The second-order valence-corrected chi connectivity index (χ2v) is 3.17. The minimum Gasteiger partial charge on any atom is -0.260 e. The molecule has 0 radical (unpaired) electrons. The van der Waals surface area contributed by atoms with E-state index >= 15 is 0 Å². The topological polar surface area (TPSA) is 12.9 Å². The molecule has 0 spiro atoms. The summed E-state index contributed by atoms with van der Waals surface area (Å²) in [6, 6.07) is 2.12. The van der Waals surface area contributed by atoms with E-state index in [-0.39, 0.29) is 0 Å². The first kappa shape index (κ1) is 6.23. The summed E-state index contributed by atoms with van der Waals surface area (Å²) in [5, 5.41) is 0. The highest BCUT2D eigenvalue weighted by Gasteiger charge is 2.10. The van der Waals surface area contributed by atoms with Crippen LogP contribution in [0, 0.1) is 0 Å². The Labute approximate surface area is 65.9 Å². The molecule has 10 heavy (non-hydrogen) atoms. The smallest absolute Gasteiger partial charge is 0.0436 e. The van der Waals surface area contributed by atoms with Crippen LogP contribution in [-0.4, -0.2) is 4.98 Å². The van der Waals surface area contributed by atoms with Crippen LogP contribution in [0.4, 0.5) is 0 Å². The number of hydrogen-bond acceptors (Lipinski definition) is 2. The first-order chi connectivity index (χ1) is 4.86. The van der Waals surface area contributed by atoms with Crippen LogP contribution >= 0.6 is 12.6 Å². The average Bonchev–Trinajstić information content (AvgIpc) is 2.33. The summed E-state index contributed by atoms with van der Waals surface area (Å²) in [6.07, 6.45) is 5.44. The first-order valence-electron chi connectivity index (χ1n) is 3.53. The van der Waals surface area contributed by atoms with E-state index in [0.717, 1.165) is 11.3 Å². The molecular weight excluding hydrogens is 142 g/mol. The van der Waals surface area contributed by atoms with Crippen LogP contribution in [-0.2, 0) is 12.8 Å². The Bertz CT molecular complexity index is 257. The molecule has 0 N–H and O–H groups in total. The lowest BCUT2D eigenvalue weighted by molar-refractivity contribution is 0.899. The van der Waals surface area contributed by atoms with Gasteiger partial charge in [-0.15, -0.1) is 12.6 Å². The van der Waals surface area contributed by atoms with E-state index in [4.69, 9.17) is 0 Å². The van der Waals surface area contributed by atoms with Crippen LogP contribution in [0.2, 0.25) is 0 Å². The average molecular weight is 151 g/mol. The van der Waals surface area contributed by atoms with Gasteiger partial charge in [0, 0.05) is 16.8 Å². The normalized spacial score (nSPS) is 15.3. The summed E-state index contributed by atoms with van der Waals surface area (Å²) >= 11 is 4.22. The highest BCUT2D eigenvalue weighted by atomic mass is 32.1. The molecular formula is C8H9NS. The Morgan fingerprint density at radius 1 is 1.40 bits per heavy atom. The maximum absolute atomic E-state index is 4.28. The second-order valence-electron chi connectivity index (χ2n) is 2.65. The van der Waals surface area contributed by atoms with E-state index in [1.54, 1.807) is 0 Å². The van der Waals surface area contributed by atoms with Crippen molar-refractivity contribution < 1.29 is 0 Å². The molecule has 1 aromatic heterocycles. The molecule has 0 bridgehead atoms. The first-order valence-corrected chi connectivity index (χ1v) is 3.98. The summed E-state index contributed by atoms with van der Waals surface area (Å²) in [4.78, 5) is 5.27. The van der Waals surface area contributed by atoms with Crippen molar-refractivity contribution in [1.29, 1.82) is 0 Å². The van der Waals surface area contributed by atoms with Crippen molar-refractivity contribution in [2.24, 2.45) is 0 Å². The minimum absolute atomic E-state index is 0.987. The van der Waals surface area contributed by atoms with Crippen molar-refractivity contribution in [3.8, 4) is 0 Å². The lowest BCUT2D eigenvalue weighted by Gasteiger charge is -1.96. The van der Waals surface area contributed by atoms with Gasteiger partial charge in [-0.25, -0.2) is 0 Å². The zero-order valence-corrected chi connectivity index (χ0v) is 6.56. The van der Waals surface area contributed by atoms with Crippen molar-refractivity contribution in [3.63, 3.8) is 0 Å². The standard InChI is InChI=1S/C8H9NS/c10-7-4-6-2-1-3-8(6)9-5-7/h4-5,10H,1-3H2. The van der Waals surface area contributed by atoms with Gasteiger partial charge < -0.3 is 0 Å². The van der Waals surface area contributed by atoms with Crippen LogP contribution in [0.15, 0.2) is 17.2 Å². The lowest BCUT2D eigenvalue weighted by Crippen LogP contribution is -1.85. The number of aromatic nitrogens is 1. The van der Waals surface area contributed by atoms with E-state index in [1.165, 1.54) is 24.1 Å². The lowest BCUT2D eigenvalue weighted by atomic mass is 10.2. The zero-order chi connectivity index (χ0) is 6.97. The van der Waals surface area contributed by atoms with Crippen molar-refractivity contribution in [2.75, 3.05) is 0 Å². The Morgan fingerprint density at radius 2 is 2.30 bits per heavy atom. The van der Waals surface area contributed by atoms with E-state index in [2.05, 4.69) is 23.7 Å². The van der Waals surface area contributed by atoms with Gasteiger partial charge in [0.15, 0.2) is 0 Å². The maximum Gasteiger partial charge on any atom is 0.0436 e. The Hall–Kier alpha value is -0.500. The number of aryl methyl sites for hydroxylation is 2. The van der Waals surface area contributed by atoms with E-state index in [1.807, 2.05) is 6.20 Å². The molecule has 1 aliphatic rings. The van der Waals surface area contributed by atoms with E-state index in [9.17, 15) is 0 Å². The summed E-state index contributed by atoms with van der Waals surface area (Å²) in [6.45, 7) is 0. The molecule has 0 saturated heterocycles. The number of rotatable bonds is 0. The third-order valence-electron chi connectivity index (χ3n) is 1.91. The van der Waals surface area contributed by atoms with Crippen LogP contribution in [0.3, 0.4) is 0 Å². The molecule has 0 atom stereocenters. The van der Waals surface area contributed by atoms with E-state index < -0.39 is 0 Å². The molecule has 0 aromatic carbocycles. The van der Waals surface area contributed by atoms with Gasteiger partial charge in [0.1, 0.15) is 0 Å². The summed E-state index contributed by atoms with van der Waals surface area (Å²) < 4.78 is 0. The van der Waals surface area contributed by atoms with Crippen molar-refractivity contribution >= 4 is 12.6 Å². The van der Waals surface area contributed by atoms with Crippen LogP contribution in [0.5, 0.6) is 0 Å². The van der Waals surface area contributed by atoms with Crippen molar-refractivity contribution in [3.05, 3.63) is 23.5 Å². The Kier molecular flexibility index (Phi) is 1.42. The summed E-state index contributed by atoms with van der Waals surface area (Å²) in [7, 11) is 0. The third kappa shape index (κ3) is 0.926. The fourth-order valence-corrected chi connectivity index (χ4v) is 1.63. The SMILES string of the molecule is Sc1cnc2c(c1)CCC2. The second kappa shape index (κ2) is 2.27. The minimum atomic E-state index is 0.987. The highest BCUT2D eigenvalue weighted by Crippen LogP contribution is 2.21. The largest absolute Gasteiger partial charge is 0.260 e. The summed E-state index contributed by atoms with van der Waals surface area (Å²) in [5.41, 5.74) is 2.67. The predicted octanol–water partition coefficient (Wildman–Crippen LogP) is 1.86. The van der Waals surface area contributed by atoms with Gasteiger partial charge in [-0.1, -0.05) is 0 Å². The molecule has 1 aliphatic carbocycles. The predicted molar refractivity (Wildman–Crippen MR) is 43.5 cm³/mol. The highest BCUT2D eigenvalue weighted by molar-refractivity contribution is 7.80. The van der Waals surface area contributed by atoms with Crippen molar-refractivity contribution in [1.82, 2.24) is 4.98 Å². The zero-order valence-electron chi connectivity index (χ0n) is 5.67. The molecule has 2 rings (SSSR count). The van der Waals surface area contributed by atoms with Gasteiger partial charge >= 0.3 is 0 Å². The number of hydrogen-bond donors (Lipinski definition) is 1. The molecule has 0 saturated carbocycles. The van der Waals surface area contributed by atoms with Gasteiger partial charge in [-0.2, -0.15) is 0 Å². The van der Waals surface area contributed by atoms with Gasteiger partial charge in [-0.3, -0.25) is 4.98 Å². The fraction of sp³-hybridized carbons (Fsp3) is 0.375. The van der Waals surface area contributed by atoms with Crippen LogP contribution < -0.4 is 0 Å². The molecule has 0 fully saturated rings. The van der Waals surface area contributed by atoms with Crippen LogP contribution in [0.25, 0.3) is 0 Å². The van der Waals surface area contributed by atoms with Crippen LogP contribution in [0.1, 0.15) is 17.7 Å². The molecule has 1 nitrogen and oxygen atoms in total. The molecule has 2 heteroatoms. The molecule has 52 valence electrons. The molecule has 1 heterocycles. The number of pyridine rings is 1. The fourth-order valence-electron chi connectivity index (χ4n) is 1.41. The Balaban J connectivity index is 2.52. The number of nitrogens with zero attached hydrogens (tertiary/aromatic N) is 1. The number of fused-ring (bicyclic) bond motifs is 1. The number of thiol groups is 1. The molecule has 0 amide bonds. The summed E-state index contributed by atoms with van der Waals surface area (Å²) in [5.74, 6) is 0. The quantitative estimate of drug-likeness (QED) is 0.558. The monoisotopic (exact) mass is 151 g/mol. The third-order valence-corrected chi connectivity index (χ3v) is 2.15. The Morgan fingerprint density at radius 3 is 3.20 bits per heavy atom. The van der Waals surface area contributed by atoms with Gasteiger partial charge in [-0.05, 0) is 30.9 Å². The maximum atomic E-state index is 4.28. The van der Waals surface area contributed by atoms with Gasteiger partial charge in [0.25, 0.3) is 0 Å². The van der Waals surface area contributed by atoms with E-state index in [0.29, 0.717) is 0 Å². The molecule has 0 unspecified atom stereocenters. The molecule has 0 aliphatic heterocycles. The van der Waals surface area contributed by atoms with Gasteiger partial charge in [0.05, 0.1) is 0 Å². The van der Waals surface area contributed by atoms with Crippen molar-refractivity contribution in [2.45, 2.75) is 24.2 Å². The van der Waals surface area contributed by atoms with Gasteiger partial charge in [0.2, 0.25) is 0 Å².